The molecule has 3 amide bonds. The average Bonchev–Trinajstić information content (AvgIpc) is 3.02. The SMILES string of the molecule is C=C1CC(C(=O)N(C(=O)OC(C)(C)C)c2ccccc2)(c2ccc(C(F)(F)F)cc2)NC1=O. The molecule has 9 heteroatoms. The van der Waals surface area contributed by atoms with Crippen molar-refractivity contribution in [1.82, 2.24) is 5.32 Å². The van der Waals surface area contributed by atoms with Gasteiger partial charge in [0, 0.05) is 12.0 Å². The molecule has 2 aromatic rings. The van der Waals surface area contributed by atoms with E-state index in [-0.39, 0.29) is 23.2 Å². The summed E-state index contributed by atoms with van der Waals surface area (Å²) in [4.78, 5) is 40.1. The molecule has 0 spiro atoms. The van der Waals surface area contributed by atoms with E-state index in [0.29, 0.717) is 0 Å². The molecule has 1 N–H and O–H groups in total. The second kappa shape index (κ2) is 8.38. The van der Waals surface area contributed by atoms with E-state index in [1.54, 1.807) is 39.0 Å². The molecule has 1 heterocycles. The fourth-order valence-corrected chi connectivity index (χ4v) is 3.48. The Kier molecular flexibility index (Phi) is 6.10. The van der Waals surface area contributed by atoms with Crippen LogP contribution in [0.15, 0.2) is 66.7 Å². The summed E-state index contributed by atoms with van der Waals surface area (Å²) in [7, 11) is 0. The summed E-state index contributed by atoms with van der Waals surface area (Å²) in [6.45, 7) is 8.54. The van der Waals surface area contributed by atoms with Crippen LogP contribution < -0.4 is 10.2 Å². The number of hydrogen-bond acceptors (Lipinski definition) is 4. The van der Waals surface area contributed by atoms with E-state index < -0.39 is 40.8 Å². The van der Waals surface area contributed by atoms with Gasteiger partial charge in [0.1, 0.15) is 11.1 Å². The summed E-state index contributed by atoms with van der Waals surface area (Å²) in [5.74, 6) is -1.52. The minimum absolute atomic E-state index is 0.0560. The van der Waals surface area contributed by atoms with E-state index in [9.17, 15) is 27.6 Å². The lowest BCUT2D eigenvalue weighted by molar-refractivity contribution is -0.137. The molecule has 1 aliphatic heterocycles. The summed E-state index contributed by atoms with van der Waals surface area (Å²) in [5.41, 5.74) is -3.38. The first-order chi connectivity index (χ1) is 15.2. The van der Waals surface area contributed by atoms with Gasteiger partial charge in [-0.3, -0.25) is 9.59 Å². The van der Waals surface area contributed by atoms with E-state index in [0.717, 1.165) is 29.2 Å². The Bertz CT molecular complexity index is 1070. The van der Waals surface area contributed by atoms with Crippen LogP contribution in [0.2, 0.25) is 0 Å². The van der Waals surface area contributed by atoms with E-state index in [1.807, 2.05) is 0 Å². The summed E-state index contributed by atoms with van der Waals surface area (Å²) >= 11 is 0. The molecular formula is C24H23F3N2O4. The number of amides is 3. The van der Waals surface area contributed by atoms with Crippen LogP contribution in [0.4, 0.5) is 23.7 Å². The highest BCUT2D eigenvalue weighted by atomic mass is 19.4. The molecule has 2 aromatic carbocycles. The molecule has 33 heavy (non-hydrogen) atoms. The van der Waals surface area contributed by atoms with Crippen molar-refractivity contribution in [3.63, 3.8) is 0 Å². The Morgan fingerprint density at radius 3 is 2.06 bits per heavy atom. The number of ether oxygens (including phenoxy) is 1. The highest BCUT2D eigenvalue weighted by Crippen LogP contribution is 2.39. The van der Waals surface area contributed by atoms with Gasteiger partial charge in [-0.05, 0) is 50.6 Å². The van der Waals surface area contributed by atoms with Gasteiger partial charge in [0.15, 0.2) is 0 Å². The van der Waals surface area contributed by atoms with Crippen LogP contribution in [0.5, 0.6) is 0 Å². The standard InChI is InChI=1S/C24H23F3N2O4/c1-15-14-23(28-19(15)30,16-10-12-17(13-11-16)24(25,26)27)20(31)29(18-8-6-5-7-9-18)21(32)33-22(2,3)4/h5-13H,1,14H2,2-4H3,(H,28,30). The molecule has 174 valence electrons. The van der Waals surface area contributed by atoms with E-state index in [2.05, 4.69) is 11.9 Å². The maximum Gasteiger partial charge on any atom is 0.421 e. The quantitative estimate of drug-likeness (QED) is 0.658. The monoisotopic (exact) mass is 460 g/mol. The van der Waals surface area contributed by atoms with Crippen molar-refractivity contribution >= 4 is 23.6 Å². The van der Waals surface area contributed by atoms with Crippen LogP contribution in [-0.2, 0) is 26.0 Å². The van der Waals surface area contributed by atoms with Crippen molar-refractivity contribution in [1.29, 1.82) is 0 Å². The molecule has 1 atom stereocenters. The number of halogens is 3. The number of rotatable bonds is 3. The topological polar surface area (TPSA) is 75.7 Å². The van der Waals surface area contributed by atoms with E-state index in [1.165, 1.54) is 12.1 Å². The fraction of sp³-hybridized carbons (Fsp3) is 0.292. The number of nitrogens with zero attached hydrogens (tertiary/aromatic N) is 1. The van der Waals surface area contributed by atoms with Crippen LogP contribution in [0.25, 0.3) is 0 Å². The normalized spacial score (nSPS) is 18.6. The first-order valence-corrected chi connectivity index (χ1v) is 10.1. The predicted octanol–water partition coefficient (Wildman–Crippen LogP) is 4.95. The molecule has 1 fully saturated rings. The van der Waals surface area contributed by atoms with Crippen LogP contribution in [0, 0.1) is 0 Å². The van der Waals surface area contributed by atoms with Crippen molar-refractivity contribution in [2.24, 2.45) is 0 Å². The van der Waals surface area contributed by atoms with Gasteiger partial charge < -0.3 is 10.1 Å². The molecule has 6 nitrogen and oxygen atoms in total. The number of benzene rings is 2. The number of carbonyl (C=O) groups excluding carboxylic acids is 3. The highest BCUT2D eigenvalue weighted by Gasteiger charge is 2.52. The van der Waals surface area contributed by atoms with Crippen LogP contribution >= 0.6 is 0 Å². The molecule has 1 saturated heterocycles. The molecule has 0 saturated carbocycles. The highest BCUT2D eigenvalue weighted by molar-refractivity contribution is 6.18. The van der Waals surface area contributed by atoms with Crippen molar-refractivity contribution < 1.29 is 32.3 Å². The molecule has 3 rings (SSSR count). The molecule has 0 radical (unpaired) electrons. The summed E-state index contributed by atoms with van der Waals surface area (Å²) < 4.78 is 44.6. The minimum Gasteiger partial charge on any atom is -0.443 e. The number of nitrogens with one attached hydrogen (secondary N) is 1. The first kappa shape index (κ1) is 24.0. The van der Waals surface area contributed by atoms with Crippen molar-refractivity contribution in [2.75, 3.05) is 4.90 Å². The van der Waals surface area contributed by atoms with Crippen LogP contribution in [0.3, 0.4) is 0 Å². The largest absolute Gasteiger partial charge is 0.443 e. The molecule has 0 aromatic heterocycles. The van der Waals surface area contributed by atoms with Gasteiger partial charge in [0.2, 0.25) is 5.91 Å². The zero-order valence-corrected chi connectivity index (χ0v) is 18.3. The number of hydrogen-bond donors (Lipinski definition) is 1. The Morgan fingerprint density at radius 2 is 1.61 bits per heavy atom. The Morgan fingerprint density at radius 1 is 1.03 bits per heavy atom. The third-order valence-electron chi connectivity index (χ3n) is 4.99. The maximum atomic E-state index is 13.9. The molecular weight excluding hydrogens is 437 g/mol. The van der Waals surface area contributed by atoms with Crippen LogP contribution in [0.1, 0.15) is 38.3 Å². The van der Waals surface area contributed by atoms with Crippen molar-refractivity contribution in [2.45, 2.75) is 44.5 Å². The fourth-order valence-electron chi connectivity index (χ4n) is 3.48. The summed E-state index contributed by atoms with van der Waals surface area (Å²) in [6.07, 6.45) is -5.80. The third kappa shape index (κ3) is 4.92. The smallest absolute Gasteiger partial charge is 0.421 e. The van der Waals surface area contributed by atoms with Crippen LogP contribution in [-0.4, -0.2) is 23.5 Å². The Balaban J connectivity index is 2.14. The average molecular weight is 460 g/mol. The van der Waals surface area contributed by atoms with E-state index in [4.69, 9.17) is 4.74 Å². The van der Waals surface area contributed by atoms with Gasteiger partial charge in [-0.2, -0.15) is 13.2 Å². The van der Waals surface area contributed by atoms with E-state index >= 15 is 0 Å². The number of alkyl halides is 3. The number of para-hydroxylation sites is 1. The minimum atomic E-state index is -4.58. The number of carbonyl (C=O) groups is 3. The van der Waals surface area contributed by atoms with Gasteiger partial charge in [-0.15, -0.1) is 0 Å². The third-order valence-corrected chi connectivity index (χ3v) is 4.99. The zero-order valence-electron chi connectivity index (χ0n) is 18.3. The molecule has 0 bridgehead atoms. The lowest BCUT2D eigenvalue weighted by Gasteiger charge is -2.34. The number of imide groups is 1. The lowest BCUT2D eigenvalue weighted by Crippen LogP contribution is -2.56. The lowest BCUT2D eigenvalue weighted by atomic mass is 9.85. The predicted molar refractivity (Wildman–Crippen MR) is 115 cm³/mol. The van der Waals surface area contributed by atoms with Gasteiger partial charge in [-0.1, -0.05) is 36.9 Å². The maximum absolute atomic E-state index is 13.9. The second-order valence-corrected chi connectivity index (χ2v) is 8.67. The summed E-state index contributed by atoms with van der Waals surface area (Å²) in [5, 5.41) is 2.54. The number of anilines is 1. The second-order valence-electron chi connectivity index (χ2n) is 8.67. The zero-order chi connectivity index (χ0) is 24.6. The van der Waals surface area contributed by atoms with Gasteiger partial charge in [-0.25, -0.2) is 9.69 Å². The van der Waals surface area contributed by atoms with Crippen molar-refractivity contribution in [3.8, 4) is 0 Å². The van der Waals surface area contributed by atoms with Crippen molar-refractivity contribution in [3.05, 3.63) is 77.9 Å². The van der Waals surface area contributed by atoms with Gasteiger partial charge in [0.05, 0.1) is 11.3 Å². The van der Waals surface area contributed by atoms with Gasteiger partial charge >= 0.3 is 12.3 Å². The molecule has 1 aliphatic rings. The first-order valence-electron chi connectivity index (χ1n) is 10.1. The van der Waals surface area contributed by atoms with Gasteiger partial charge in [0.25, 0.3) is 5.91 Å². The molecule has 0 aliphatic carbocycles. The Hall–Kier alpha value is -3.62. The molecule has 1 unspecified atom stereocenters. The Labute approximate surface area is 189 Å². The summed E-state index contributed by atoms with van der Waals surface area (Å²) in [6, 6.07) is 11.8.